The number of hydrogen-bond donors (Lipinski definition) is 0. The molecule has 0 aliphatic rings. The summed E-state index contributed by atoms with van der Waals surface area (Å²) < 4.78 is 3.91. The molecule has 0 fully saturated rings. The smallest absolute Gasteiger partial charge is 0.129 e. The van der Waals surface area contributed by atoms with Gasteiger partial charge in [0.15, 0.2) is 0 Å². The van der Waals surface area contributed by atoms with Crippen LogP contribution in [0.5, 0.6) is 0 Å². The zero-order valence-electron chi connectivity index (χ0n) is 7.46. The molecule has 0 saturated heterocycles. The Bertz CT molecular complexity index is 263. The summed E-state index contributed by atoms with van der Waals surface area (Å²) in [6.07, 6.45) is 1.17. The van der Waals surface area contributed by atoms with Gasteiger partial charge in [-0.3, -0.25) is 4.68 Å². The van der Waals surface area contributed by atoms with Gasteiger partial charge in [-0.2, -0.15) is 16.9 Å². The Morgan fingerprint density at radius 1 is 1.54 bits per heavy atom. The molecule has 13 heavy (non-hydrogen) atoms. The van der Waals surface area contributed by atoms with E-state index in [1.54, 1.807) is 0 Å². The summed E-state index contributed by atoms with van der Waals surface area (Å²) in [5, 5.41) is 4.29. The van der Waals surface area contributed by atoms with Crippen LogP contribution < -0.4 is 0 Å². The number of aryl methyl sites for hydroxylation is 1. The predicted octanol–water partition coefficient (Wildman–Crippen LogP) is 3.55. The van der Waals surface area contributed by atoms with Gasteiger partial charge in [-0.15, -0.1) is 0 Å². The molecule has 0 bridgehead atoms. The lowest BCUT2D eigenvalue weighted by Crippen LogP contribution is -2.01. The Morgan fingerprint density at radius 3 is 2.85 bits per heavy atom. The van der Waals surface area contributed by atoms with Crippen molar-refractivity contribution in [3.05, 3.63) is 15.3 Å². The van der Waals surface area contributed by atoms with Crippen molar-refractivity contribution in [2.45, 2.75) is 19.9 Å². The minimum Gasteiger partial charge on any atom is -0.257 e. The highest BCUT2D eigenvalue weighted by atomic mass is 79.9. The minimum atomic E-state index is 0.891. The number of aromatic nitrogens is 2. The first-order chi connectivity index (χ1) is 6.24. The SMILES string of the molecule is CCSCCCn1nc(Br)cc1Br. The van der Waals surface area contributed by atoms with Crippen molar-refractivity contribution in [2.75, 3.05) is 11.5 Å². The van der Waals surface area contributed by atoms with Crippen LogP contribution >= 0.6 is 43.6 Å². The maximum absolute atomic E-state index is 4.29. The van der Waals surface area contributed by atoms with Gasteiger partial charge in [0.1, 0.15) is 9.21 Å². The van der Waals surface area contributed by atoms with Crippen LogP contribution in [0.15, 0.2) is 15.3 Å². The van der Waals surface area contributed by atoms with Crippen LogP contribution in [-0.2, 0) is 6.54 Å². The fraction of sp³-hybridized carbons (Fsp3) is 0.625. The third kappa shape index (κ3) is 4.04. The molecule has 0 atom stereocenters. The number of thioether (sulfide) groups is 1. The summed E-state index contributed by atoms with van der Waals surface area (Å²) in [6.45, 7) is 3.17. The molecule has 0 N–H and O–H groups in total. The molecule has 1 aromatic rings. The van der Waals surface area contributed by atoms with E-state index in [4.69, 9.17) is 0 Å². The highest BCUT2D eigenvalue weighted by Crippen LogP contribution is 2.16. The quantitative estimate of drug-likeness (QED) is 0.770. The molecule has 0 aliphatic heterocycles. The molecular weight excluding hydrogens is 316 g/mol. The van der Waals surface area contributed by atoms with E-state index in [1.807, 2.05) is 22.5 Å². The second-order valence-electron chi connectivity index (χ2n) is 2.56. The Kier molecular flexibility index (Phi) is 5.43. The van der Waals surface area contributed by atoms with Crippen molar-refractivity contribution in [3.63, 3.8) is 0 Å². The second-order valence-corrected chi connectivity index (χ2v) is 5.58. The van der Waals surface area contributed by atoms with Crippen molar-refractivity contribution < 1.29 is 0 Å². The molecular formula is C8H12Br2N2S. The normalized spacial score (nSPS) is 10.7. The summed E-state index contributed by atoms with van der Waals surface area (Å²) in [4.78, 5) is 0. The highest BCUT2D eigenvalue weighted by Gasteiger charge is 2.01. The lowest BCUT2D eigenvalue weighted by atomic mass is 10.5. The van der Waals surface area contributed by atoms with Crippen molar-refractivity contribution >= 4 is 43.6 Å². The van der Waals surface area contributed by atoms with Gasteiger partial charge in [-0.1, -0.05) is 6.92 Å². The number of hydrogen-bond acceptors (Lipinski definition) is 2. The Labute approximate surface area is 99.7 Å². The first-order valence-corrected chi connectivity index (χ1v) is 6.94. The van der Waals surface area contributed by atoms with Gasteiger partial charge in [0.05, 0.1) is 0 Å². The molecule has 1 aromatic heterocycles. The lowest BCUT2D eigenvalue weighted by Gasteiger charge is -2.01. The Hall–Kier alpha value is 0.520. The van der Waals surface area contributed by atoms with Gasteiger partial charge in [0.25, 0.3) is 0 Å². The monoisotopic (exact) mass is 326 g/mol. The molecule has 5 heteroatoms. The second kappa shape index (κ2) is 6.09. The van der Waals surface area contributed by atoms with Gasteiger partial charge >= 0.3 is 0 Å². The van der Waals surface area contributed by atoms with Crippen LogP contribution in [0.25, 0.3) is 0 Å². The standard InChI is InChI=1S/C8H12Br2N2S/c1-2-13-5-3-4-12-8(10)6-7(9)11-12/h6H,2-5H2,1H3. The molecule has 0 unspecified atom stereocenters. The van der Waals surface area contributed by atoms with Gasteiger partial charge in [-0.25, -0.2) is 0 Å². The predicted molar refractivity (Wildman–Crippen MR) is 65.2 cm³/mol. The van der Waals surface area contributed by atoms with E-state index in [2.05, 4.69) is 43.9 Å². The summed E-state index contributed by atoms with van der Waals surface area (Å²) in [5.41, 5.74) is 0. The van der Waals surface area contributed by atoms with Crippen LogP contribution in [-0.4, -0.2) is 21.3 Å². The van der Waals surface area contributed by atoms with Crippen molar-refractivity contribution in [1.29, 1.82) is 0 Å². The molecule has 0 radical (unpaired) electrons. The van der Waals surface area contributed by atoms with Gasteiger partial charge in [-0.05, 0) is 49.8 Å². The molecule has 1 rings (SSSR count). The minimum absolute atomic E-state index is 0.891. The van der Waals surface area contributed by atoms with E-state index in [0.717, 1.165) is 15.8 Å². The van der Waals surface area contributed by atoms with Crippen LogP contribution in [0.2, 0.25) is 0 Å². The van der Waals surface area contributed by atoms with Crippen molar-refractivity contribution in [2.24, 2.45) is 0 Å². The first kappa shape index (κ1) is 11.6. The number of rotatable bonds is 5. The Balaban J connectivity index is 2.32. The van der Waals surface area contributed by atoms with E-state index in [-0.39, 0.29) is 0 Å². The number of halogens is 2. The maximum Gasteiger partial charge on any atom is 0.129 e. The van der Waals surface area contributed by atoms with E-state index >= 15 is 0 Å². The van der Waals surface area contributed by atoms with Gasteiger partial charge in [0.2, 0.25) is 0 Å². The third-order valence-corrected chi connectivity index (χ3v) is 3.58. The molecule has 74 valence electrons. The van der Waals surface area contributed by atoms with Crippen LogP contribution in [0, 0.1) is 0 Å². The summed E-state index contributed by atoms with van der Waals surface area (Å²) in [5.74, 6) is 2.41. The average Bonchev–Trinajstić information content (AvgIpc) is 2.39. The van der Waals surface area contributed by atoms with Gasteiger partial charge in [0, 0.05) is 12.6 Å². The fourth-order valence-corrected chi connectivity index (χ4v) is 2.79. The molecule has 0 aromatic carbocycles. The fourth-order valence-electron chi connectivity index (χ4n) is 0.982. The first-order valence-electron chi connectivity index (χ1n) is 4.20. The topological polar surface area (TPSA) is 17.8 Å². The lowest BCUT2D eigenvalue weighted by molar-refractivity contribution is 0.591. The number of nitrogens with zero attached hydrogens (tertiary/aromatic N) is 2. The van der Waals surface area contributed by atoms with Gasteiger partial charge < -0.3 is 0 Å². The van der Waals surface area contributed by atoms with E-state index in [9.17, 15) is 0 Å². The molecule has 0 aliphatic carbocycles. The van der Waals surface area contributed by atoms with Crippen molar-refractivity contribution in [3.8, 4) is 0 Å². The zero-order chi connectivity index (χ0) is 9.68. The zero-order valence-corrected chi connectivity index (χ0v) is 11.5. The average molecular weight is 328 g/mol. The summed E-state index contributed by atoms with van der Waals surface area (Å²) in [6, 6.07) is 1.97. The highest BCUT2D eigenvalue weighted by molar-refractivity contribution is 9.11. The van der Waals surface area contributed by atoms with E-state index in [1.165, 1.54) is 17.9 Å². The molecule has 0 amide bonds. The summed E-state index contributed by atoms with van der Waals surface area (Å²) >= 11 is 8.76. The molecule has 1 heterocycles. The maximum atomic E-state index is 4.29. The van der Waals surface area contributed by atoms with E-state index in [0.29, 0.717) is 0 Å². The van der Waals surface area contributed by atoms with Crippen LogP contribution in [0.1, 0.15) is 13.3 Å². The van der Waals surface area contributed by atoms with E-state index < -0.39 is 0 Å². The van der Waals surface area contributed by atoms with Crippen molar-refractivity contribution in [1.82, 2.24) is 9.78 Å². The summed E-state index contributed by atoms with van der Waals surface area (Å²) in [7, 11) is 0. The largest absolute Gasteiger partial charge is 0.257 e. The Morgan fingerprint density at radius 2 is 2.31 bits per heavy atom. The van der Waals surface area contributed by atoms with Crippen LogP contribution in [0.4, 0.5) is 0 Å². The molecule has 0 spiro atoms. The third-order valence-electron chi connectivity index (χ3n) is 1.56. The molecule has 0 saturated carbocycles. The molecule has 2 nitrogen and oxygen atoms in total. The van der Waals surface area contributed by atoms with Crippen LogP contribution in [0.3, 0.4) is 0 Å².